The molecular weight excluding hydrogens is 171 g/mol. The van der Waals surface area contributed by atoms with Crippen LogP contribution in [0.2, 0.25) is 0 Å². The Hall–Kier alpha value is -1.84. The molecule has 1 amide bonds. The smallest absolute Gasteiger partial charge is 0.264 e. The Morgan fingerprint density at radius 3 is 2.62 bits per heavy atom. The highest BCUT2D eigenvalue weighted by atomic mass is 19.1. The summed E-state index contributed by atoms with van der Waals surface area (Å²) < 4.78 is 12.6. The summed E-state index contributed by atoms with van der Waals surface area (Å²) in [7, 11) is 0. The number of halogens is 1. The predicted octanol–water partition coefficient (Wildman–Crippen LogP) is 0.611. The summed E-state index contributed by atoms with van der Waals surface area (Å²) >= 11 is 0. The molecule has 0 radical (unpaired) electrons. The normalized spacial score (nSPS) is 11.3. The van der Waals surface area contributed by atoms with Crippen molar-refractivity contribution in [1.82, 2.24) is 0 Å². The van der Waals surface area contributed by atoms with Crippen LogP contribution in [0.25, 0.3) is 6.08 Å². The molecule has 4 N–H and O–H groups in total. The zero-order valence-electron chi connectivity index (χ0n) is 6.83. The van der Waals surface area contributed by atoms with Gasteiger partial charge in [-0.15, -0.1) is 0 Å². The predicted molar refractivity (Wildman–Crippen MR) is 47.8 cm³/mol. The van der Waals surface area contributed by atoms with E-state index in [1.807, 2.05) is 0 Å². The van der Waals surface area contributed by atoms with Gasteiger partial charge in [-0.3, -0.25) is 4.79 Å². The van der Waals surface area contributed by atoms with Gasteiger partial charge in [0.05, 0.1) is 5.70 Å². The maximum absolute atomic E-state index is 12.6. The van der Waals surface area contributed by atoms with Crippen molar-refractivity contribution < 1.29 is 9.18 Å². The number of rotatable bonds is 2. The lowest BCUT2D eigenvalue weighted by atomic mass is 10.2. The van der Waals surface area contributed by atoms with Crippen LogP contribution in [0.4, 0.5) is 4.39 Å². The Kier molecular flexibility index (Phi) is 2.64. The highest BCUT2D eigenvalue weighted by Crippen LogP contribution is 2.06. The first-order valence-corrected chi connectivity index (χ1v) is 3.62. The molecule has 0 fully saturated rings. The molecule has 1 aromatic rings. The van der Waals surface area contributed by atoms with Crippen LogP contribution in [-0.2, 0) is 4.79 Å². The van der Waals surface area contributed by atoms with Crippen LogP contribution < -0.4 is 11.5 Å². The number of benzene rings is 1. The Labute approximate surface area is 74.8 Å². The number of carbonyl (C=O) groups excluding carboxylic acids is 1. The standard InChI is InChI=1S/C9H9FN2O/c10-7-3-1-2-6(4-7)5-8(11)9(12)13/h1-5H,11H2,(H2,12,13). The Balaban J connectivity index is 2.97. The minimum absolute atomic E-state index is 0.0920. The Bertz CT molecular complexity index is 360. The van der Waals surface area contributed by atoms with Crippen molar-refractivity contribution in [3.05, 3.63) is 41.3 Å². The van der Waals surface area contributed by atoms with Gasteiger partial charge >= 0.3 is 0 Å². The number of hydrogen-bond donors (Lipinski definition) is 2. The number of primary amides is 1. The van der Waals surface area contributed by atoms with Crippen molar-refractivity contribution in [2.24, 2.45) is 11.5 Å². The summed E-state index contributed by atoms with van der Waals surface area (Å²) in [6.45, 7) is 0. The molecule has 0 saturated heterocycles. The maximum atomic E-state index is 12.6. The van der Waals surface area contributed by atoms with Gasteiger partial charge in [-0.2, -0.15) is 0 Å². The van der Waals surface area contributed by atoms with Crippen LogP contribution >= 0.6 is 0 Å². The molecule has 0 heterocycles. The van der Waals surface area contributed by atoms with Gasteiger partial charge in [0.2, 0.25) is 0 Å². The average molecular weight is 180 g/mol. The van der Waals surface area contributed by atoms with Crippen LogP contribution in [0, 0.1) is 5.82 Å². The minimum atomic E-state index is -0.718. The molecule has 1 aromatic carbocycles. The first kappa shape index (κ1) is 9.25. The van der Waals surface area contributed by atoms with Crippen molar-refractivity contribution in [3.8, 4) is 0 Å². The van der Waals surface area contributed by atoms with E-state index in [0.717, 1.165) is 0 Å². The third-order valence-electron chi connectivity index (χ3n) is 1.46. The second-order valence-corrected chi connectivity index (χ2v) is 2.52. The summed E-state index contributed by atoms with van der Waals surface area (Å²) in [6.07, 6.45) is 1.32. The summed E-state index contributed by atoms with van der Waals surface area (Å²) in [5, 5.41) is 0. The summed E-state index contributed by atoms with van der Waals surface area (Å²) in [4.78, 5) is 10.5. The highest BCUT2D eigenvalue weighted by molar-refractivity contribution is 5.95. The van der Waals surface area contributed by atoms with Gasteiger partial charge in [0, 0.05) is 0 Å². The van der Waals surface area contributed by atoms with Crippen LogP contribution in [0.5, 0.6) is 0 Å². The van der Waals surface area contributed by atoms with Gasteiger partial charge in [0.1, 0.15) is 5.82 Å². The van der Waals surface area contributed by atoms with Gasteiger partial charge < -0.3 is 11.5 Å². The molecule has 0 unspecified atom stereocenters. The van der Waals surface area contributed by atoms with E-state index in [2.05, 4.69) is 0 Å². The zero-order chi connectivity index (χ0) is 9.84. The summed E-state index contributed by atoms with van der Waals surface area (Å²) in [5.74, 6) is -1.10. The second-order valence-electron chi connectivity index (χ2n) is 2.52. The van der Waals surface area contributed by atoms with Gasteiger partial charge in [-0.05, 0) is 23.8 Å². The Morgan fingerprint density at radius 1 is 1.38 bits per heavy atom. The molecule has 0 aliphatic rings. The van der Waals surface area contributed by atoms with Crippen molar-refractivity contribution in [1.29, 1.82) is 0 Å². The molecule has 0 atom stereocenters. The molecule has 68 valence electrons. The largest absolute Gasteiger partial charge is 0.394 e. The molecular formula is C9H9FN2O. The van der Waals surface area contributed by atoms with E-state index in [9.17, 15) is 9.18 Å². The lowest BCUT2D eigenvalue weighted by Gasteiger charge is -1.96. The van der Waals surface area contributed by atoms with E-state index >= 15 is 0 Å². The minimum Gasteiger partial charge on any atom is -0.394 e. The van der Waals surface area contributed by atoms with E-state index < -0.39 is 5.91 Å². The monoisotopic (exact) mass is 180 g/mol. The lowest BCUT2D eigenvalue weighted by Crippen LogP contribution is -2.19. The third kappa shape index (κ3) is 2.59. The fourth-order valence-corrected chi connectivity index (χ4v) is 0.847. The number of carbonyl (C=O) groups is 1. The van der Waals surface area contributed by atoms with Crippen molar-refractivity contribution >= 4 is 12.0 Å². The average Bonchev–Trinajstić information content (AvgIpc) is 2.04. The topological polar surface area (TPSA) is 69.1 Å². The molecule has 1 rings (SSSR count). The van der Waals surface area contributed by atoms with Crippen LogP contribution in [-0.4, -0.2) is 5.91 Å². The van der Waals surface area contributed by atoms with Gasteiger partial charge in [0.15, 0.2) is 0 Å². The zero-order valence-corrected chi connectivity index (χ0v) is 6.83. The molecule has 0 spiro atoms. The van der Waals surface area contributed by atoms with E-state index in [1.54, 1.807) is 6.07 Å². The molecule has 0 aromatic heterocycles. The fourth-order valence-electron chi connectivity index (χ4n) is 0.847. The molecule has 4 heteroatoms. The molecule has 3 nitrogen and oxygen atoms in total. The van der Waals surface area contributed by atoms with Gasteiger partial charge in [0.25, 0.3) is 5.91 Å². The molecule has 13 heavy (non-hydrogen) atoms. The van der Waals surface area contributed by atoms with Crippen LogP contribution in [0.3, 0.4) is 0 Å². The van der Waals surface area contributed by atoms with Gasteiger partial charge in [-0.1, -0.05) is 12.1 Å². The lowest BCUT2D eigenvalue weighted by molar-refractivity contribution is -0.114. The van der Waals surface area contributed by atoms with Crippen LogP contribution in [0.1, 0.15) is 5.56 Å². The third-order valence-corrected chi connectivity index (χ3v) is 1.46. The maximum Gasteiger partial charge on any atom is 0.264 e. The van der Waals surface area contributed by atoms with E-state index in [1.165, 1.54) is 24.3 Å². The quantitative estimate of drug-likeness (QED) is 0.654. The fraction of sp³-hybridized carbons (Fsp3) is 0. The van der Waals surface area contributed by atoms with Crippen molar-refractivity contribution in [2.45, 2.75) is 0 Å². The van der Waals surface area contributed by atoms with E-state index in [0.29, 0.717) is 5.56 Å². The van der Waals surface area contributed by atoms with E-state index in [-0.39, 0.29) is 11.5 Å². The van der Waals surface area contributed by atoms with Gasteiger partial charge in [-0.25, -0.2) is 4.39 Å². The molecule has 0 aliphatic heterocycles. The number of nitrogens with two attached hydrogens (primary N) is 2. The molecule has 0 saturated carbocycles. The number of hydrogen-bond acceptors (Lipinski definition) is 2. The second kappa shape index (κ2) is 3.71. The molecule has 0 bridgehead atoms. The van der Waals surface area contributed by atoms with E-state index in [4.69, 9.17) is 11.5 Å². The number of amides is 1. The summed E-state index contributed by atoms with van der Waals surface area (Å²) in [6, 6.07) is 5.71. The summed E-state index contributed by atoms with van der Waals surface area (Å²) in [5.41, 5.74) is 10.6. The SMILES string of the molecule is NC(=O)C(N)=Cc1cccc(F)c1. The van der Waals surface area contributed by atoms with Crippen molar-refractivity contribution in [3.63, 3.8) is 0 Å². The first-order chi connectivity index (χ1) is 6.09. The highest BCUT2D eigenvalue weighted by Gasteiger charge is 1.98. The Morgan fingerprint density at radius 2 is 2.08 bits per heavy atom. The van der Waals surface area contributed by atoms with Crippen molar-refractivity contribution in [2.75, 3.05) is 0 Å². The molecule has 0 aliphatic carbocycles. The van der Waals surface area contributed by atoms with Crippen LogP contribution in [0.15, 0.2) is 30.0 Å². The first-order valence-electron chi connectivity index (χ1n) is 3.62.